The Balaban J connectivity index is 2.04. The van der Waals surface area contributed by atoms with Crippen LogP contribution < -0.4 is 5.32 Å². The number of carbonyl (C=O) groups is 1. The Morgan fingerprint density at radius 3 is 2.42 bits per heavy atom. The van der Waals surface area contributed by atoms with Gasteiger partial charge in [-0.1, -0.05) is 43.2 Å². The van der Waals surface area contributed by atoms with Gasteiger partial charge in [-0.2, -0.15) is 0 Å². The lowest BCUT2D eigenvalue weighted by Gasteiger charge is -2.30. The zero-order valence-corrected chi connectivity index (χ0v) is 11.0. The summed E-state index contributed by atoms with van der Waals surface area (Å²) in [6.07, 6.45) is 3.80. The van der Waals surface area contributed by atoms with Gasteiger partial charge in [-0.05, 0) is 24.8 Å². The van der Waals surface area contributed by atoms with Crippen molar-refractivity contribution in [1.82, 2.24) is 5.32 Å². The Kier molecular flexibility index (Phi) is 4.56. The summed E-state index contributed by atoms with van der Waals surface area (Å²) in [4.78, 5) is 11.5. The molecule has 2 rings (SSSR count). The molecular weight excluding hydrogens is 242 g/mol. The Hall–Kier alpha value is -1.39. The van der Waals surface area contributed by atoms with Gasteiger partial charge in [0.2, 0.25) is 0 Å². The topological polar surface area (TPSA) is 69.6 Å². The summed E-state index contributed by atoms with van der Waals surface area (Å²) >= 11 is 0. The Labute approximate surface area is 113 Å². The van der Waals surface area contributed by atoms with E-state index in [1.54, 1.807) is 0 Å². The normalized spacial score (nSPS) is 19.2. The highest BCUT2D eigenvalue weighted by Crippen LogP contribution is 2.30. The highest BCUT2D eigenvalue weighted by Gasteiger charge is 2.42. The molecule has 1 atom stereocenters. The number of hydrogen-bond donors (Lipinski definition) is 3. The van der Waals surface area contributed by atoms with Crippen LogP contribution in [-0.2, 0) is 11.2 Å². The third-order valence-corrected chi connectivity index (χ3v) is 3.89. The molecule has 4 heteroatoms. The fourth-order valence-corrected chi connectivity index (χ4v) is 2.85. The van der Waals surface area contributed by atoms with E-state index in [4.69, 9.17) is 0 Å². The molecule has 1 saturated carbocycles. The van der Waals surface area contributed by atoms with E-state index in [1.165, 1.54) is 0 Å². The van der Waals surface area contributed by atoms with Crippen LogP contribution in [-0.4, -0.2) is 34.4 Å². The van der Waals surface area contributed by atoms with Crippen molar-refractivity contribution in [2.24, 2.45) is 0 Å². The zero-order chi connectivity index (χ0) is 13.7. The quantitative estimate of drug-likeness (QED) is 0.729. The molecule has 19 heavy (non-hydrogen) atoms. The van der Waals surface area contributed by atoms with Crippen LogP contribution in [0.2, 0.25) is 0 Å². The average molecular weight is 263 g/mol. The van der Waals surface area contributed by atoms with Crippen molar-refractivity contribution in [1.29, 1.82) is 0 Å². The number of aliphatic hydroxyl groups is 1. The van der Waals surface area contributed by atoms with Crippen molar-refractivity contribution in [3.8, 4) is 0 Å². The third kappa shape index (κ3) is 3.33. The van der Waals surface area contributed by atoms with Gasteiger partial charge in [0.15, 0.2) is 0 Å². The van der Waals surface area contributed by atoms with Crippen LogP contribution in [0.3, 0.4) is 0 Å². The fourth-order valence-electron chi connectivity index (χ4n) is 2.85. The minimum Gasteiger partial charge on any atom is -0.480 e. The predicted octanol–water partition coefficient (Wildman–Crippen LogP) is 1.58. The molecule has 0 saturated heterocycles. The number of carboxylic acids is 1. The van der Waals surface area contributed by atoms with E-state index in [0.29, 0.717) is 19.3 Å². The van der Waals surface area contributed by atoms with Gasteiger partial charge in [0.1, 0.15) is 5.54 Å². The average Bonchev–Trinajstić information content (AvgIpc) is 2.89. The molecule has 0 heterocycles. The maximum absolute atomic E-state index is 11.5. The lowest BCUT2D eigenvalue weighted by Crippen LogP contribution is -2.55. The first kappa shape index (κ1) is 14.0. The molecule has 0 bridgehead atoms. The Morgan fingerprint density at radius 1 is 1.26 bits per heavy atom. The van der Waals surface area contributed by atoms with Gasteiger partial charge in [0.25, 0.3) is 0 Å². The second-order valence-corrected chi connectivity index (χ2v) is 5.31. The monoisotopic (exact) mass is 263 g/mol. The standard InChI is InChI=1S/C15H21NO3/c17-11-13(10-12-6-2-1-3-7-12)16-15(14(18)19)8-4-5-9-15/h1-3,6-7,13,16-17H,4-5,8-11H2,(H,18,19). The summed E-state index contributed by atoms with van der Waals surface area (Å²) in [6.45, 7) is -0.0517. The van der Waals surface area contributed by atoms with Crippen LogP contribution in [0.25, 0.3) is 0 Å². The number of hydrogen-bond acceptors (Lipinski definition) is 3. The second-order valence-electron chi connectivity index (χ2n) is 5.31. The molecule has 3 N–H and O–H groups in total. The second kappa shape index (κ2) is 6.17. The van der Waals surface area contributed by atoms with Gasteiger partial charge in [-0.25, -0.2) is 0 Å². The Morgan fingerprint density at radius 2 is 1.89 bits per heavy atom. The molecule has 0 radical (unpaired) electrons. The molecule has 1 unspecified atom stereocenters. The van der Waals surface area contributed by atoms with Gasteiger partial charge >= 0.3 is 5.97 Å². The van der Waals surface area contributed by atoms with Crippen LogP contribution >= 0.6 is 0 Å². The molecule has 0 amide bonds. The third-order valence-electron chi connectivity index (χ3n) is 3.89. The predicted molar refractivity (Wildman–Crippen MR) is 73.0 cm³/mol. The number of aliphatic carboxylic acids is 1. The van der Waals surface area contributed by atoms with E-state index in [-0.39, 0.29) is 12.6 Å². The van der Waals surface area contributed by atoms with Crippen LogP contribution in [0.1, 0.15) is 31.2 Å². The van der Waals surface area contributed by atoms with Gasteiger partial charge in [-0.3, -0.25) is 10.1 Å². The van der Waals surface area contributed by atoms with E-state index in [9.17, 15) is 15.0 Å². The molecule has 0 aliphatic heterocycles. The van der Waals surface area contributed by atoms with Gasteiger partial charge in [-0.15, -0.1) is 0 Å². The summed E-state index contributed by atoms with van der Waals surface area (Å²) in [5, 5.41) is 22.1. The maximum atomic E-state index is 11.5. The zero-order valence-electron chi connectivity index (χ0n) is 11.0. The molecule has 1 fully saturated rings. The Bertz CT molecular complexity index is 413. The van der Waals surface area contributed by atoms with Crippen molar-refractivity contribution in [3.05, 3.63) is 35.9 Å². The molecule has 1 aliphatic rings. The van der Waals surface area contributed by atoms with E-state index in [0.717, 1.165) is 18.4 Å². The van der Waals surface area contributed by atoms with E-state index in [1.807, 2.05) is 30.3 Å². The van der Waals surface area contributed by atoms with Gasteiger partial charge in [0.05, 0.1) is 6.61 Å². The first-order valence-corrected chi connectivity index (χ1v) is 6.82. The van der Waals surface area contributed by atoms with E-state index >= 15 is 0 Å². The number of rotatable bonds is 6. The largest absolute Gasteiger partial charge is 0.480 e. The van der Waals surface area contributed by atoms with Gasteiger partial charge < -0.3 is 10.2 Å². The van der Waals surface area contributed by atoms with E-state index in [2.05, 4.69) is 5.32 Å². The van der Waals surface area contributed by atoms with Crippen molar-refractivity contribution in [2.45, 2.75) is 43.7 Å². The van der Waals surface area contributed by atoms with Crippen LogP contribution in [0.15, 0.2) is 30.3 Å². The summed E-state index contributed by atoms with van der Waals surface area (Å²) in [6, 6.07) is 9.62. The lowest BCUT2D eigenvalue weighted by atomic mass is 9.95. The number of benzene rings is 1. The molecule has 0 spiro atoms. The molecule has 1 aliphatic carbocycles. The highest BCUT2D eigenvalue weighted by molar-refractivity contribution is 5.79. The first-order chi connectivity index (χ1) is 9.16. The summed E-state index contributed by atoms with van der Waals surface area (Å²) in [5.41, 5.74) is 0.259. The first-order valence-electron chi connectivity index (χ1n) is 6.82. The summed E-state index contributed by atoms with van der Waals surface area (Å²) < 4.78 is 0. The van der Waals surface area contributed by atoms with Crippen LogP contribution in [0.4, 0.5) is 0 Å². The van der Waals surface area contributed by atoms with Crippen molar-refractivity contribution in [2.75, 3.05) is 6.61 Å². The lowest BCUT2D eigenvalue weighted by molar-refractivity contribution is -0.145. The van der Waals surface area contributed by atoms with Crippen molar-refractivity contribution in [3.63, 3.8) is 0 Å². The molecule has 1 aromatic rings. The molecular formula is C15H21NO3. The summed E-state index contributed by atoms with van der Waals surface area (Å²) in [5.74, 6) is -0.795. The maximum Gasteiger partial charge on any atom is 0.323 e. The molecule has 1 aromatic carbocycles. The van der Waals surface area contributed by atoms with Gasteiger partial charge in [0, 0.05) is 6.04 Å². The number of carboxylic acid groups (broad SMARTS) is 1. The van der Waals surface area contributed by atoms with Crippen molar-refractivity contribution >= 4 is 5.97 Å². The molecule has 0 aromatic heterocycles. The highest BCUT2D eigenvalue weighted by atomic mass is 16.4. The summed E-state index contributed by atoms with van der Waals surface area (Å²) in [7, 11) is 0. The molecule has 104 valence electrons. The number of nitrogens with one attached hydrogen (secondary N) is 1. The minimum atomic E-state index is -0.845. The SMILES string of the molecule is O=C(O)C1(NC(CO)Cc2ccccc2)CCCC1. The van der Waals surface area contributed by atoms with Crippen LogP contribution in [0.5, 0.6) is 0 Å². The number of aliphatic hydroxyl groups excluding tert-OH is 1. The van der Waals surface area contributed by atoms with Crippen molar-refractivity contribution < 1.29 is 15.0 Å². The van der Waals surface area contributed by atoms with Crippen LogP contribution in [0, 0.1) is 0 Å². The van der Waals surface area contributed by atoms with E-state index < -0.39 is 11.5 Å². The molecule has 4 nitrogen and oxygen atoms in total. The smallest absolute Gasteiger partial charge is 0.323 e. The minimum absolute atomic E-state index is 0.0517. The fraction of sp³-hybridized carbons (Fsp3) is 0.533.